The van der Waals surface area contributed by atoms with Gasteiger partial charge >= 0.3 is 11.9 Å². The van der Waals surface area contributed by atoms with Gasteiger partial charge in [-0.1, -0.05) is 18.2 Å². The minimum Gasteiger partial charge on any atom is -0.486 e. The summed E-state index contributed by atoms with van der Waals surface area (Å²) in [7, 11) is 0. The highest BCUT2D eigenvalue weighted by Crippen LogP contribution is 2.13. The van der Waals surface area contributed by atoms with E-state index in [4.69, 9.17) is 9.15 Å². The van der Waals surface area contributed by atoms with Crippen molar-refractivity contribution in [2.24, 2.45) is 0 Å². The molecule has 116 valence electrons. The first-order valence-corrected chi connectivity index (χ1v) is 6.79. The van der Waals surface area contributed by atoms with Gasteiger partial charge in [-0.2, -0.15) is 0 Å². The molecule has 0 aliphatic rings. The molecular formula is C15H17N3O4. The third kappa shape index (κ3) is 4.55. The van der Waals surface area contributed by atoms with Crippen molar-refractivity contribution >= 4 is 11.9 Å². The molecule has 7 nitrogen and oxygen atoms in total. The maximum atomic E-state index is 11.8. The summed E-state index contributed by atoms with van der Waals surface area (Å²) in [6, 6.07) is 11.9. The highest BCUT2D eigenvalue weighted by Gasteiger charge is 2.12. The van der Waals surface area contributed by atoms with Crippen LogP contribution in [-0.4, -0.2) is 18.5 Å². The van der Waals surface area contributed by atoms with Crippen LogP contribution in [0.2, 0.25) is 0 Å². The number of hydrazine groups is 1. The summed E-state index contributed by atoms with van der Waals surface area (Å²) in [6.45, 7) is 2.44. The van der Waals surface area contributed by atoms with Gasteiger partial charge in [0.2, 0.25) is 0 Å². The van der Waals surface area contributed by atoms with Gasteiger partial charge in [-0.15, -0.1) is 0 Å². The average Bonchev–Trinajstić information content (AvgIpc) is 3.01. The molecule has 1 heterocycles. The number of ether oxygens (including phenoxy) is 1. The van der Waals surface area contributed by atoms with Crippen molar-refractivity contribution in [2.75, 3.05) is 6.54 Å². The van der Waals surface area contributed by atoms with Crippen LogP contribution in [0.4, 0.5) is 4.79 Å². The van der Waals surface area contributed by atoms with Gasteiger partial charge in [-0.3, -0.25) is 10.2 Å². The zero-order valence-electron chi connectivity index (χ0n) is 12.1. The van der Waals surface area contributed by atoms with Crippen LogP contribution in [0.3, 0.4) is 0 Å². The van der Waals surface area contributed by atoms with Gasteiger partial charge in [0.25, 0.3) is 0 Å². The molecule has 0 radical (unpaired) electrons. The van der Waals surface area contributed by atoms with Crippen molar-refractivity contribution in [3.63, 3.8) is 0 Å². The molecule has 0 saturated heterocycles. The Labute approximate surface area is 127 Å². The summed E-state index contributed by atoms with van der Waals surface area (Å²) in [5, 5.41) is 2.48. The fraction of sp³-hybridized carbons (Fsp3) is 0.200. The first-order valence-electron chi connectivity index (χ1n) is 6.79. The van der Waals surface area contributed by atoms with Crippen molar-refractivity contribution in [3.05, 3.63) is 54.0 Å². The molecule has 1 aromatic carbocycles. The highest BCUT2D eigenvalue weighted by molar-refractivity contribution is 5.92. The Morgan fingerprint density at radius 3 is 2.59 bits per heavy atom. The van der Waals surface area contributed by atoms with Crippen LogP contribution < -0.4 is 20.9 Å². The topological polar surface area (TPSA) is 92.6 Å². The number of para-hydroxylation sites is 1. The van der Waals surface area contributed by atoms with Gasteiger partial charge < -0.3 is 14.5 Å². The standard InChI is InChI=1S/C15H17N3O4/c1-2-16-15(20)18-17-14(19)13-9-8-12(22-13)10-21-11-6-4-3-5-7-11/h3-9H,2,10H2,1H3,(H,17,19)(H2,16,18,20). The highest BCUT2D eigenvalue weighted by atomic mass is 16.5. The Balaban J connectivity index is 1.83. The van der Waals surface area contributed by atoms with Crippen LogP contribution in [0.1, 0.15) is 23.2 Å². The molecule has 0 atom stereocenters. The molecule has 0 fully saturated rings. The van der Waals surface area contributed by atoms with E-state index in [0.29, 0.717) is 18.1 Å². The van der Waals surface area contributed by atoms with Crippen LogP contribution in [-0.2, 0) is 6.61 Å². The number of rotatable bonds is 5. The second-order valence-electron chi connectivity index (χ2n) is 4.31. The molecule has 0 bridgehead atoms. The van der Waals surface area contributed by atoms with E-state index in [1.165, 1.54) is 6.07 Å². The van der Waals surface area contributed by atoms with E-state index in [9.17, 15) is 9.59 Å². The van der Waals surface area contributed by atoms with Crippen LogP contribution in [0.25, 0.3) is 0 Å². The van der Waals surface area contributed by atoms with E-state index >= 15 is 0 Å². The Morgan fingerprint density at radius 1 is 1.09 bits per heavy atom. The number of furan rings is 1. The van der Waals surface area contributed by atoms with E-state index in [1.807, 2.05) is 30.3 Å². The largest absolute Gasteiger partial charge is 0.486 e. The number of carbonyl (C=O) groups excluding carboxylic acids is 2. The van der Waals surface area contributed by atoms with Crippen LogP contribution in [0, 0.1) is 0 Å². The van der Waals surface area contributed by atoms with E-state index in [2.05, 4.69) is 16.2 Å². The molecular weight excluding hydrogens is 286 g/mol. The smallest absolute Gasteiger partial charge is 0.333 e. The summed E-state index contributed by atoms with van der Waals surface area (Å²) < 4.78 is 10.9. The van der Waals surface area contributed by atoms with Crippen molar-refractivity contribution in [2.45, 2.75) is 13.5 Å². The third-order valence-electron chi connectivity index (χ3n) is 2.64. The normalized spacial score (nSPS) is 9.86. The Bertz CT molecular complexity index is 625. The molecule has 3 amide bonds. The Hall–Kier alpha value is -2.96. The van der Waals surface area contributed by atoms with Crippen molar-refractivity contribution in [3.8, 4) is 5.75 Å². The monoisotopic (exact) mass is 303 g/mol. The number of hydrogen-bond donors (Lipinski definition) is 3. The zero-order chi connectivity index (χ0) is 15.8. The Morgan fingerprint density at radius 2 is 1.86 bits per heavy atom. The molecule has 0 spiro atoms. The fourth-order valence-electron chi connectivity index (χ4n) is 1.63. The minimum atomic E-state index is -0.544. The predicted molar refractivity (Wildman–Crippen MR) is 79.2 cm³/mol. The second-order valence-corrected chi connectivity index (χ2v) is 4.31. The molecule has 0 unspecified atom stereocenters. The molecule has 2 rings (SSSR count). The van der Waals surface area contributed by atoms with Gasteiger partial charge in [0.15, 0.2) is 5.76 Å². The molecule has 2 aromatic rings. The second kappa shape index (κ2) is 7.72. The van der Waals surface area contributed by atoms with Crippen LogP contribution >= 0.6 is 0 Å². The molecule has 3 N–H and O–H groups in total. The molecule has 22 heavy (non-hydrogen) atoms. The molecule has 0 saturated carbocycles. The minimum absolute atomic E-state index is 0.0865. The first-order chi connectivity index (χ1) is 10.7. The van der Waals surface area contributed by atoms with Gasteiger partial charge in [0.1, 0.15) is 18.1 Å². The first kappa shape index (κ1) is 15.4. The third-order valence-corrected chi connectivity index (χ3v) is 2.64. The number of nitrogens with one attached hydrogen (secondary N) is 3. The quantitative estimate of drug-likeness (QED) is 0.735. The molecule has 7 heteroatoms. The van der Waals surface area contributed by atoms with Gasteiger partial charge in [0, 0.05) is 6.54 Å². The SMILES string of the molecule is CCNC(=O)NNC(=O)c1ccc(COc2ccccc2)o1. The summed E-state index contributed by atoms with van der Waals surface area (Å²) >= 11 is 0. The number of benzene rings is 1. The van der Waals surface area contributed by atoms with E-state index in [-0.39, 0.29) is 12.4 Å². The van der Waals surface area contributed by atoms with Crippen molar-refractivity contribution < 1.29 is 18.7 Å². The molecule has 0 aliphatic heterocycles. The summed E-state index contributed by atoms with van der Waals surface area (Å²) in [6.07, 6.45) is 0. The van der Waals surface area contributed by atoms with Gasteiger partial charge in [0.05, 0.1) is 0 Å². The lowest BCUT2D eigenvalue weighted by molar-refractivity contribution is 0.0904. The maximum Gasteiger partial charge on any atom is 0.333 e. The summed E-state index contributed by atoms with van der Waals surface area (Å²) in [5.74, 6) is 0.760. The fourth-order valence-corrected chi connectivity index (χ4v) is 1.63. The van der Waals surface area contributed by atoms with Crippen LogP contribution in [0.5, 0.6) is 5.75 Å². The lowest BCUT2D eigenvalue weighted by atomic mass is 10.3. The number of amides is 3. The van der Waals surface area contributed by atoms with Crippen molar-refractivity contribution in [1.82, 2.24) is 16.2 Å². The van der Waals surface area contributed by atoms with E-state index in [1.54, 1.807) is 13.0 Å². The number of hydrogen-bond acceptors (Lipinski definition) is 4. The molecule has 0 aliphatic carbocycles. The Kier molecular flexibility index (Phi) is 5.42. The molecule has 1 aromatic heterocycles. The van der Waals surface area contributed by atoms with Crippen LogP contribution in [0.15, 0.2) is 46.9 Å². The van der Waals surface area contributed by atoms with Crippen molar-refractivity contribution in [1.29, 1.82) is 0 Å². The zero-order valence-corrected chi connectivity index (χ0v) is 12.1. The predicted octanol–water partition coefficient (Wildman–Crippen LogP) is 1.82. The maximum absolute atomic E-state index is 11.8. The summed E-state index contributed by atoms with van der Waals surface area (Å²) in [5.41, 5.74) is 4.44. The number of urea groups is 1. The lowest BCUT2D eigenvalue weighted by Gasteiger charge is -2.06. The van der Waals surface area contributed by atoms with E-state index < -0.39 is 11.9 Å². The number of carbonyl (C=O) groups is 2. The van der Waals surface area contributed by atoms with Gasteiger partial charge in [-0.05, 0) is 31.2 Å². The lowest BCUT2D eigenvalue weighted by Crippen LogP contribution is -2.46. The average molecular weight is 303 g/mol. The van der Waals surface area contributed by atoms with Gasteiger partial charge in [-0.25, -0.2) is 10.2 Å². The van der Waals surface area contributed by atoms with E-state index in [0.717, 1.165) is 0 Å². The summed E-state index contributed by atoms with van der Waals surface area (Å²) in [4.78, 5) is 22.9.